The fourth-order valence-corrected chi connectivity index (χ4v) is 7.59. The lowest BCUT2D eigenvalue weighted by Crippen LogP contribution is -2.63. The molecule has 6 atom stereocenters. The van der Waals surface area contributed by atoms with Gasteiger partial charge in [0.25, 0.3) is 0 Å². The second-order valence-electron chi connectivity index (χ2n) is 16.5. The van der Waals surface area contributed by atoms with Gasteiger partial charge < -0.3 is 51.6 Å². The lowest BCUT2D eigenvalue weighted by atomic mass is 9.97. The van der Waals surface area contributed by atoms with Crippen LogP contribution in [0.25, 0.3) is 24.3 Å². The van der Waals surface area contributed by atoms with Crippen LogP contribution in [-0.4, -0.2) is 110 Å². The van der Waals surface area contributed by atoms with Crippen molar-refractivity contribution in [3.63, 3.8) is 0 Å². The molecule has 22 heteroatoms. The van der Waals surface area contributed by atoms with E-state index < -0.39 is 101 Å². The largest absolute Gasteiger partial charge is 0.501 e. The molecule has 1 amide bonds. The van der Waals surface area contributed by atoms with Crippen molar-refractivity contribution in [2.45, 2.75) is 97.2 Å². The Morgan fingerprint density at radius 2 is 1.23 bits per heavy atom. The molecule has 0 aliphatic carbocycles. The van der Waals surface area contributed by atoms with Gasteiger partial charge in [0.05, 0.1) is 7.11 Å². The number of benzene rings is 2. The van der Waals surface area contributed by atoms with Crippen molar-refractivity contribution in [2.24, 2.45) is 0 Å². The van der Waals surface area contributed by atoms with Gasteiger partial charge >= 0.3 is 46.3 Å². The van der Waals surface area contributed by atoms with Crippen LogP contribution in [0.2, 0.25) is 0 Å². The molecule has 1 N–H and O–H groups in total. The molecular formula is C49H53N3O18S. The SMILES string of the molecule is COC(=O)[C@H](Cc1cc(/C=C/c2ccncc2)c(OS(=O)(=O)Oc2ccccc2OC2O[C@H](COC(C)=O)[C@H](OC(C)=O)[C@H](OC(C)=O)[C@H]2OC(C)=O)c(/C=C/c2ccncc2)c1)NC(=O)OC(C)(C)C. The van der Waals surface area contributed by atoms with Crippen molar-refractivity contribution < 1.29 is 83.4 Å². The minimum atomic E-state index is -5.18. The fraction of sp³-hybridized carbons (Fsp3) is 0.347. The number of alkyl carbamates (subject to hydrolysis) is 1. The molecule has 4 aromatic rings. The average Bonchev–Trinajstić information content (AvgIpc) is 3.29. The van der Waals surface area contributed by atoms with E-state index in [2.05, 4.69) is 15.3 Å². The van der Waals surface area contributed by atoms with Crippen molar-refractivity contribution in [2.75, 3.05) is 13.7 Å². The first kappa shape index (κ1) is 54.1. The van der Waals surface area contributed by atoms with Crippen molar-refractivity contribution in [1.82, 2.24) is 15.3 Å². The van der Waals surface area contributed by atoms with Crippen LogP contribution in [0.15, 0.2) is 85.5 Å². The van der Waals surface area contributed by atoms with Crippen LogP contribution in [0.5, 0.6) is 17.2 Å². The highest BCUT2D eigenvalue weighted by Crippen LogP contribution is 2.37. The maximum absolute atomic E-state index is 14.3. The van der Waals surface area contributed by atoms with E-state index in [1.54, 1.807) is 106 Å². The van der Waals surface area contributed by atoms with Gasteiger partial charge in [-0.05, 0) is 86.0 Å². The second kappa shape index (κ2) is 24.6. The zero-order chi connectivity index (χ0) is 51.9. The number of hydrogen-bond acceptors (Lipinski definition) is 20. The Labute approximate surface area is 409 Å². The van der Waals surface area contributed by atoms with Gasteiger partial charge in [0.1, 0.15) is 24.4 Å². The molecule has 5 rings (SSSR count). The summed E-state index contributed by atoms with van der Waals surface area (Å²) >= 11 is 0. The Bertz CT molecular complexity index is 2640. The number of pyridine rings is 2. The molecule has 3 heterocycles. The van der Waals surface area contributed by atoms with Gasteiger partial charge in [0.2, 0.25) is 12.4 Å². The highest BCUT2D eigenvalue weighted by Gasteiger charge is 2.53. The van der Waals surface area contributed by atoms with Gasteiger partial charge in [0, 0.05) is 70.0 Å². The molecule has 0 radical (unpaired) electrons. The summed E-state index contributed by atoms with van der Waals surface area (Å²) in [7, 11) is -4.03. The number of nitrogens with one attached hydrogen (secondary N) is 1. The number of nitrogens with zero attached hydrogens (tertiary/aromatic N) is 2. The van der Waals surface area contributed by atoms with E-state index in [9.17, 15) is 37.2 Å². The molecule has 2 aromatic heterocycles. The molecular weight excluding hydrogens is 951 g/mol. The zero-order valence-corrected chi connectivity index (χ0v) is 40.7. The lowest BCUT2D eigenvalue weighted by Gasteiger charge is -2.43. The van der Waals surface area contributed by atoms with Crippen LogP contribution in [0, 0.1) is 0 Å². The van der Waals surface area contributed by atoms with Gasteiger partial charge in [-0.3, -0.25) is 29.1 Å². The highest BCUT2D eigenvalue weighted by atomic mass is 32.3. The van der Waals surface area contributed by atoms with Crippen LogP contribution >= 0.6 is 0 Å². The van der Waals surface area contributed by atoms with E-state index in [-0.39, 0.29) is 29.0 Å². The Hall–Kier alpha value is -7.85. The Morgan fingerprint density at radius 1 is 0.704 bits per heavy atom. The minimum Gasteiger partial charge on any atom is -0.467 e. The molecule has 21 nitrogen and oxygen atoms in total. The van der Waals surface area contributed by atoms with Crippen molar-refractivity contribution in [3.05, 3.63) is 113 Å². The summed E-state index contributed by atoms with van der Waals surface area (Å²) in [6.07, 6.45) is 3.69. The maximum Gasteiger partial charge on any atom is 0.501 e. The highest BCUT2D eigenvalue weighted by molar-refractivity contribution is 7.82. The zero-order valence-electron chi connectivity index (χ0n) is 39.9. The summed E-state index contributed by atoms with van der Waals surface area (Å²) in [5.74, 6) is -5.25. The van der Waals surface area contributed by atoms with E-state index in [4.69, 9.17) is 46.3 Å². The second-order valence-corrected chi connectivity index (χ2v) is 17.6. The Balaban J connectivity index is 1.59. The molecule has 1 aliphatic heterocycles. The third-order valence-electron chi connectivity index (χ3n) is 9.56. The van der Waals surface area contributed by atoms with E-state index in [1.807, 2.05) is 0 Å². The smallest absolute Gasteiger partial charge is 0.467 e. The first-order valence-electron chi connectivity index (χ1n) is 21.7. The molecule has 1 unspecified atom stereocenters. The van der Waals surface area contributed by atoms with Gasteiger partial charge in [-0.25, -0.2) is 9.59 Å². The summed E-state index contributed by atoms with van der Waals surface area (Å²) < 4.78 is 84.1. The van der Waals surface area contributed by atoms with E-state index in [1.165, 1.54) is 24.3 Å². The quantitative estimate of drug-likeness (QED) is 0.0886. The number of esters is 5. The Kier molecular flexibility index (Phi) is 18.8. The molecule has 0 bridgehead atoms. The van der Waals surface area contributed by atoms with Crippen LogP contribution in [-0.2, 0) is 74.0 Å². The summed E-state index contributed by atoms with van der Waals surface area (Å²) in [6.45, 7) is 8.69. The number of rotatable bonds is 19. The Morgan fingerprint density at radius 3 is 1.73 bits per heavy atom. The number of methoxy groups -OCH3 is 1. The summed E-state index contributed by atoms with van der Waals surface area (Å²) in [6, 6.07) is 14.0. The number of para-hydroxylation sites is 2. The first-order chi connectivity index (χ1) is 33.6. The molecule has 1 fully saturated rings. The average molecular weight is 1000 g/mol. The summed E-state index contributed by atoms with van der Waals surface area (Å²) in [5, 5.41) is 2.55. The number of amides is 1. The van der Waals surface area contributed by atoms with Crippen LogP contribution in [0.1, 0.15) is 76.3 Å². The van der Waals surface area contributed by atoms with Gasteiger partial charge in [0.15, 0.2) is 29.5 Å². The number of carbonyl (C=O) groups is 6. The first-order valence-corrected chi connectivity index (χ1v) is 23.0. The third-order valence-corrected chi connectivity index (χ3v) is 10.3. The number of carbonyl (C=O) groups excluding carboxylic acids is 6. The molecule has 1 saturated heterocycles. The van der Waals surface area contributed by atoms with Crippen molar-refractivity contribution >= 4 is 70.6 Å². The summed E-state index contributed by atoms with van der Waals surface area (Å²) in [5.41, 5.74) is 1.16. The molecule has 378 valence electrons. The molecule has 2 aromatic carbocycles. The lowest BCUT2D eigenvalue weighted by molar-refractivity contribution is -0.288. The third kappa shape index (κ3) is 17.0. The van der Waals surface area contributed by atoms with Crippen LogP contribution in [0.3, 0.4) is 0 Å². The predicted octanol–water partition coefficient (Wildman–Crippen LogP) is 5.59. The van der Waals surface area contributed by atoms with E-state index in [0.717, 1.165) is 34.8 Å². The maximum atomic E-state index is 14.3. The van der Waals surface area contributed by atoms with Crippen LogP contribution < -0.4 is 18.4 Å². The predicted molar refractivity (Wildman–Crippen MR) is 251 cm³/mol. The standard InChI is InChI=1S/C49H53N3O18S/c1-29(53)62-28-41-43(63-30(2)54)44(64-31(3)55)45(65-32(4)56)47(67-41)66-39-11-9-10-12-40(39)69-71(59,60)70-42-36(15-13-33-17-21-50-22-18-33)25-35(26-37(42)16-14-34-19-23-51-24-20-34)27-38(46(57)61-8)52-48(58)68-49(5,6)7/h9-26,38,41,43-45,47H,27-28H2,1-8H3,(H,52,58)/b15-13+,16-14+/t38-,41+,43-,44-,45+,47?/m0/s1. The number of aromatic nitrogens is 2. The van der Waals surface area contributed by atoms with Crippen molar-refractivity contribution in [3.8, 4) is 17.2 Å². The molecule has 1 aliphatic rings. The van der Waals surface area contributed by atoms with Crippen LogP contribution in [0.4, 0.5) is 4.79 Å². The normalized spacial score (nSPS) is 18.3. The molecule has 71 heavy (non-hydrogen) atoms. The van der Waals surface area contributed by atoms with E-state index >= 15 is 0 Å². The number of hydrogen-bond donors (Lipinski definition) is 1. The monoisotopic (exact) mass is 1000 g/mol. The van der Waals surface area contributed by atoms with Crippen molar-refractivity contribution in [1.29, 1.82) is 0 Å². The van der Waals surface area contributed by atoms with Gasteiger partial charge in [-0.1, -0.05) is 36.4 Å². The molecule has 0 saturated carbocycles. The van der Waals surface area contributed by atoms with Gasteiger partial charge in [-0.15, -0.1) is 8.42 Å². The number of ether oxygens (including phenoxy) is 8. The fourth-order valence-electron chi connectivity index (χ4n) is 6.80. The topological polar surface area (TPSA) is 267 Å². The molecule has 0 spiro atoms. The minimum absolute atomic E-state index is 0.156. The van der Waals surface area contributed by atoms with E-state index in [0.29, 0.717) is 16.7 Å². The van der Waals surface area contributed by atoms with Gasteiger partial charge in [-0.2, -0.15) is 0 Å². The summed E-state index contributed by atoms with van der Waals surface area (Å²) in [4.78, 5) is 83.1.